The number of hydrogen-bond donors (Lipinski definition) is 1. The first-order chi connectivity index (χ1) is 37.8. The largest absolute Gasteiger partial charge is 0.506 e. The number of carbonyl (C=O) groups excluding carboxylic acids is 4. The van der Waals surface area contributed by atoms with E-state index in [2.05, 4.69) is 4.98 Å². The summed E-state index contributed by atoms with van der Waals surface area (Å²) < 4.78 is 28.2. The number of aromatic hydroxyl groups is 1. The minimum Gasteiger partial charge on any atom is -0.506 e. The molecule has 1 N–H and O–H groups in total. The van der Waals surface area contributed by atoms with Crippen molar-refractivity contribution < 1.29 is 43.2 Å². The standard InChI is InChI=1S/C66H49N3O9/c1-6-7-29-68-63(71)45-30-50(75-40-19-10-35(2)11-20-40)56-58-52(77-42-23-14-37(4)15-24-42)32-47-55-48(66(74)69(65(47)73)34-39-18-27-49(70)62-44(39)9-8-28-67-62)33-53(78-43-25-16-38(5)17-26-43)59(61(55)58)57-51(76-41-21-12-36(3)13-22-41)31-46(64(68)72)54(45)60(56)57/h8-28,30-33,70H,6-7,29,34H2,1-5H3. The van der Waals surface area contributed by atoms with Crippen LogP contribution in [0.15, 0.2) is 152 Å². The first kappa shape index (κ1) is 47.9. The number of rotatable bonds is 13. The third-order valence-corrected chi connectivity index (χ3v) is 15.0. The number of phenols is 1. The molecule has 10 aromatic carbocycles. The number of aromatic nitrogens is 1. The molecule has 2 aliphatic heterocycles. The molecule has 0 fully saturated rings. The van der Waals surface area contributed by atoms with Crippen LogP contribution in [0, 0.1) is 27.7 Å². The van der Waals surface area contributed by atoms with Crippen molar-refractivity contribution in [3.63, 3.8) is 0 Å². The van der Waals surface area contributed by atoms with E-state index < -0.39 is 23.6 Å². The number of fused-ring (bicyclic) bond motifs is 3. The Morgan fingerprint density at radius 3 is 1.15 bits per heavy atom. The van der Waals surface area contributed by atoms with Gasteiger partial charge in [-0.2, -0.15) is 0 Å². The van der Waals surface area contributed by atoms with E-state index in [1.165, 1.54) is 15.9 Å². The molecule has 12 heteroatoms. The number of pyridine rings is 1. The Hall–Kier alpha value is -9.81. The van der Waals surface area contributed by atoms with Crippen LogP contribution >= 0.6 is 0 Å². The van der Waals surface area contributed by atoms with Gasteiger partial charge >= 0.3 is 0 Å². The van der Waals surface area contributed by atoms with Crippen molar-refractivity contribution in [2.75, 3.05) is 6.54 Å². The minimum atomic E-state index is -0.595. The van der Waals surface area contributed by atoms with Crippen LogP contribution in [0.3, 0.4) is 0 Å². The van der Waals surface area contributed by atoms with Crippen LogP contribution in [-0.2, 0) is 6.54 Å². The van der Waals surface area contributed by atoms with Crippen LogP contribution in [0.5, 0.6) is 51.7 Å². The zero-order valence-corrected chi connectivity index (χ0v) is 43.3. The van der Waals surface area contributed by atoms with Gasteiger partial charge in [0.05, 0.1) is 28.8 Å². The van der Waals surface area contributed by atoms with Gasteiger partial charge in [-0.1, -0.05) is 96.3 Å². The molecule has 0 atom stereocenters. The van der Waals surface area contributed by atoms with Crippen molar-refractivity contribution in [3.05, 3.63) is 202 Å². The van der Waals surface area contributed by atoms with Gasteiger partial charge in [0.25, 0.3) is 23.6 Å². The van der Waals surface area contributed by atoms with Crippen molar-refractivity contribution in [1.29, 1.82) is 0 Å². The maximum absolute atomic E-state index is 15.7. The van der Waals surface area contributed by atoms with Gasteiger partial charge < -0.3 is 24.1 Å². The molecular weight excluding hydrogens is 979 g/mol. The summed E-state index contributed by atoms with van der Waals surface area (Å²) in [6.45, 7) is 9.94. The van der Waals surface area contributed by atoms with Gasteiger partial charge in [-0.3, -0.25) is 34.0 Å². The van der Waals surface area contributed by atoms with Gasteiger partial charge in [0.15, 0.2) is 0 Å². The number of ether oxygens (including phenoxy) is 4. The van der Waals surface area contributed by atoms with Crippen LogP contribution < -0.4 is 18.9 Å². The monoisotopic (exact) mass is 1030 g/mol. The van der Waals surface area contributed by atoms with Crippen LogP contribution in [0.1, 0.15) is 89.0 Å². The van der Waals surface area contributed by atoms with Crippen molar-refractivity contribution in [1.82, 2.24) is 14.8 Å². The average Bonchev–Trinajstić information content (AvgIpc) is 3.60. The number of amides is 4. The number of aryl methyl sites for hydroxylation is 4. The van der Waals surface area contributed by atoms with Crippen molar-refractivity contribution in [2.24, 2.45) is 0 Å². The highest BCUT2D eigenvalue weighted by Crippen LogP contribution is 2.58. The van der Waals surface area contributed by atoms with E-state index in [4.69, 9.17) is 18.9 Å². The molecule has 0 radical (unpaired) electrons. The summed E-state index contributed by atoms with van der Waals surface area (Å²) >= 11 is 0. The predicted molar refractivity (Wildman–Crippen MR) is 301 cm³/mol. The Morgan fingerprint density at radius 1 is 0.436 bits per heavy atom. The summed E-state index contributed by atoms with van der Waals surface area (Å²) in [5.74, 6) is 0.613. The molecule has 0 unspecified atom stereocenters. The number of hydrogen-bond acceptors (Lipinski definition) is 10. The van der Waals surface area contributed by atoms with Gasteiger partial charge in [-0.05, 0) is 125 Å². The highest BCUT2D eigenvalue weighted by Gasteiger charge is 2.41. The lowest BCUT2D eigenvalue weighted by Crippen LogP contribution is -2.41. The normalized spacial score (nSPS) is 13.2. The summed E-state index contributed by atoms with van der Waals surface area (Å²) in [4.78, 5) is 68.5. The first-order valence-corrected chi connectivity index (χ1v) is 26.0. The second-order valence-electron chi connectivity index (χ2n) is 20.3. The van der Waals surface area contributed by atoms with E-state index >= 15 is 19.2 Å². The van der Waals surface area contributed by atoms with E-state index in [-0.39, 0.29) is 64.1 Å². The quantitative estimate of drug-likeness (QED) is 0.0673. The van der Waals surface area contributed by atoms with Crippen LogP contribution in [0.2, 0.25) is 0 Å². The molecule has 382 valence electrons. The Morgan fingerprint density at radius 2 is 0.795 bits per heavy atom. The fourth-order valence-corrected chi connectivity index (χ4v) is 11.0. The number of imide groups is 2. The van der Waals surface area contributed by atoms with Gasteiger partial charge in [0.2, 0.25) is 0 Å². The lowest BCUT2D eigenvalue weighted by Gasteiger charge is -2.32. The molecule has 0 saturated heterocycles. The van der Waals surface area contributed by atoms with E-state index in [9.17, 15) is 5.11 Å². The molecular formula is C66H49N3O9. The molecule has 2 aliphatic rings. The second kappa shape index (κ2) is 18.5. The Kier molecular flexibility index (Phi) is 11.3. The number of phenolic OH excluding ortho intramolecular Hbond substituents is 1. The minimum absolute atomic E-state index is 0.0365. The van der Waals surface area contributed by atoms with Crippen molar-refractivity contribution >= 4 is 77.6 Å². The molecule has 0 saturated carbocycles. The van der Waals surface area contributed by atoms with Gasteiger partial charge in [0, 0.05) is 61.2 Å². The van der Waals surface area contributed by atoms with E-state index in [0.717, 1.165) is 28.7 Å². The molecule has 13 rings (SSSR count). The van der Waals surface area contributed by atoms with Crippen LogP contribution in [0.4, 0.5) is 0 Å². The molecule has 0 spiro atoms. The molecule has 0 aliphatic carbocycles. The Labute approximate surface area is 447 Å². The van der Waals surface area contributed by atoms with E-state index in [0.29, 0.717) is 89.0 Å². The Balaban J connectivity index is 1.22. The SMILES string of the molecule is CCCCN1C(=O)c2cc(Oc3ccc(C)cc3)c3c4c(Oc5ccc(C)cc5)cc5c6c(cc(Oc7ccc(C)cc7)c(c7c(Oc8ccc(C)cc8)cc(c2c37)C1=O)c64)C(=O)N(Cc1ccc(O)c2ncccc12)C5=O. The summed E-state index contributed by atoms with van der Waals surface area (Å²) in [5, 5.41) is 14.7. The third kappa shape index (κ3) is 7.78. The summed E-state index contributed by atoms with van der Waals surface area (Å²) in [6.07, 6.45) is 2.90. The topological polar surface area (TPSA) is 145 Å². The fourth-order valence-electron chi connectivity index (χ4n) is 11.0. The summed E-state index contributed by atoms with van der Waals surface area (Å²) in [6, 6.07) is 43.7. The summed E-state index contributed by atoms with van der Waals surface area (Å²) in [7, 11) is 0. The third-order valence-electron chi connectivity index (χ3n) is 15.0. The first-order valence-electron chi connectivity index (χ1n) is 26.0. The second-order valence-corrected chi connectivity index (χ2v) is 20.3. The highest BCUT2D eigenvalue weighted by atomic mass is 16.5. The maximum Gasteiger partial charge on any atom is 0.261 e. The predicted octanol–water partition coefficient (Wildman–Crippen LogP) is 15.6. The fraction of sp³-hybridized carbons (Fsp3) is 0.136. The zero-order valence-electron chi connectivity index (χ0n) is 43.3. The summed E-state index contributed by atoms with van der Waals surface area (Å²) in [5.41, 5.74) is 5.75. The van der Waals surface area contributed by atoms with Crippen molar-refractivity contribution in [3.8, 4) is 51.7 Å². The highest BCUT2D eigenvalue weighted by molar-refractivity contribution is 6.44. The van der Waals surface area contributed by atoms with Crippen LogP contribution in [-0.4, -0.2) is 50.1 Å². The number of nitrogens with zero attached hydrogens (tertiary/aromatic N) is 3. The number of benzene rings is 10. The molecule has 3 heterocycles. The number of unbranched alkanes of at least 4 members (excludes halogenated alkanes) is 1. The molecule has 1 aromatic heterocycles. The lowest BCUT2D eigenvalue weighted by molar-refractivity contribution is 0.0587. The maximum atomic E-state index is 15.7. The molecule has 78 heavy (non-hydrogen) atoms. The zero-order chi connectivity index (χ0) is 53.7. The van der Waals surface area contributed by atoms with Gasteiger partial charge in [-0.15, -0.1) is 0 Å². The molecule has 11 aromatic rings. The average molecular weight is 1030 g/mol. The Bertz CT molecular complexity index is 4120. The molecule has 0 bridgehead atoms. The number of carbonyl (C=O) groups is 4. The van der Waals surface area contributed by atoms with E-state index in [1.807, 2.05) is 132 Å². The van der Waals surface area contributed by atoms with Crippen molar-refractivity contribution in [2.45, 2.75) is 54.0 Å². The van der Waals surface area contributed by atoms with Gasteiger partial charge in [-0.25, -0.2) is 0 Å². The smallest absolute Gasteiger partial charge is 0.261 e. The molecule has 12 nitrogen and oxygen atoms in total. The van der Waals surface area contributed by atoms with E-state index in [1.54, 1.807) is 48.7 Å². The van der Waals surface area contributed by atoms with Crippen LogP contribution in [0.25, 0.3) is 54.0 Å². The lowest BCUT2D eigenvalue weighted by atomic mass is 9.80. The molecule has 4 amide bonds. The van der Waals surface area contributed by atoms with Gasteiger partial charge in [0.1, 0.15) is 57.3 Å².